The summed E-state index contributed by atoms with van der Waals surface area (Å²) in [6, 6.07) is 11.1. The molecule has 2 amide bonds. The maximum Gasteiger partial charge on any atom is 0.230 e. The van der Waals surface area contributed by atoms with E-state index in [1.807, 2.05) is 36.0 Å². The molecule has 5 nitrogen and oxygen atoms in total. The summed E-state index contributed by atoms with van der Waals surface area (Å²) < 4.78 is 1.98. The van der Waals surface area contributed by atoms with E-state index < -0.39 is 0 Å². The number of nitrogens with zero attached hydrogens (tertiary/aromatic N) is 1. The SMILES string of the molecule is CC(=O)Nc1ccc(NC(=O)CC[n+]2ccc(C)cc2)cc1.[Br-]. The molecule has 23 heavy (non-hydrogen) atoms. The number of hydrogen-bond donors (Lipinski definition) is 2. The molecule has 0 saturated carbocycles. The van der Waals surface area contributed by atoms with Crippen LogP contribution >= 0.6 is 0 Å². The number of carbonyl (C=O) groups is 2. The van der Waals surface area contributed by atoms with Crippen LogP contribution in [0, 0.1) is 6.92 Å². The van der Waals surface area contributed by atoms with E-state index in [1.54, 1.807) is 24.3 Å². The number of carbonyl (C=O) groups excluding carboxylic acids is 2. The monoisotopic (exact) mass is 377 g/mol. The van der Waals surface area contributed by atoms with E-state index >= 15 is 0 Å². The number of benzene rings is 1. The van der Waals surface area contributed by atoms with Gasteiger partial charge in [0.05, 0.1) is 6.42 Å². The molecule has 0 radical (unpaired) electrons. The Morgan fingerprint density at radius 2 is 1.48 bits per heavy atom. The summed E-state index contributed by atoms with van der Waals surface area (Å²) in [6.07, 6.45) is 4.33. The molecule has 0 bridgehead atoms. The molecule has 0 aliphatic heterocycles. The van der Waals surface area contributed by atoms with Crippen molar-refractivity contribution in [2.24, 2.45) is 0 Å². The van der Waals surface area contributed by atoms with Gasteiger partial charge in [0.2, 0.25) is 11.8 Å². The molecule has 0 aliphatic carbocycles. The van der Waals surface area contributed by atoms with Gasteiger partial charge in [0.15, 0.2) is 18.9 Å². The van der Waals surface area contributed by atoms with Crippen LogP contribution < -0.4 is 32.2 Å². The summed E-state index contributed by atoms with van der Waals surface area (Å²) in [5.74, 6) is -0.160. The van der Waals surface area contributed by atoms with Crippen molar-refractivity contribution in [3.8, 4) is 0 Å². The second kappa shape index (κ2) is 9.05. The van der Waals surface area contributed by atoms with Crippen molar-refractivity contribution in [3.63, 3.8) is 0 Å². The van der Waals surface area contributed by atoms with E-state index in [4.69, 9.17) is 0 Å². The first-order chi connectivity index (χ1) is 10.5. The lowest BCUT2D eigenvalue weighted by molar-refractivity contribution is -0.695. The zero-order valence-electron chi connectivity index (χ0n) is 13.2. The van der Waals surface area contributed by atoms with Crippen LogP contribution in [0.15, 0.2) is 48.8 Å². The lowest BCUT2D eigenvalue weighted by atomic mass is 10.2. The van der Waals surface area contributed by atoms with Gasteiger partial charge < -0.3 is 27.6 Å². The minimum atomic E-state index is -0.119. The van der Waals surface area contributed by atoms with Crippen molar-refractivity contribution < 1.29 is 31.1 Å². The van der Waals surface area contributed by atoms with Gasteiger partial charge in [-0.1, -0.05) is 0 Å². The van der Waals surface area contributed by atoms with E-state index in [-0.39, 0.29) is 28.8 Å². The van der Waals surface area contributed by atoms with E-state index in [0.717, 1.165) is 0 Å². The van der Waals surface area contributed by atoms with Gasteiger partial charge >= 0.3 is 0 Å². The third kappa shape index (κ3) is 6.61. The van der Waals surface area contributed by atoms with E-state index in [1.165, 1.54) is 12.5 Å². The van der Waals surface area contributed by atoms with Crippen LogP contribution in [0.2, 0.25) is 0 Å². The van der Waals surface area contributed by atoms with Gasteiger partial charge in [0.25, 0.3) is 0 Å². The van der Waals surface area contributed by atoms with Crippen LogP contribution in [0.5, 0.6) is 0 Å². The number of rotatable bonds is 5. The largest absolute Gasteiger partial charge is 1.00 e. The number of amides is 2. The van der Waals surface area contributed by atoms with Crippen molar-refractivity contribution in [1.29, 1.82) is 0 Å². The molecule has 0 fully saturated rings. The quantitative estimate of drug-likeness (QED) is 0.675. The first-order valence-electron chi connectivity index (χ1n) is 7.16. The van der Waals surface area contributed by atoms with Crippen molar-refractivity contribution in [2.75, 3.05) is 10.6 Å². The molecule has 2 rings (SSSR count). The highest BCUT2D eigenvalue weighted by molar-refractivity contribution is 5.92. The van der Waals surface area contributed by atoms with Crippen LogP contribution in [0.25, 0.3) is 0 Å². The molecule has 2 aromatic rings. The topological polar surface area (TPSA) is 62.1 Å². The highest BCUT2D eigenvalue weighted by Crippen LogP contribution is 2.13. The molecule has 0 spiro atoms. The van der Waals surface area contributed by atoms with Crippen LogP contribution in [0.3, 0.4) is 0 Å². The average molecular weight is 378 g/mol. The van der Waals surface area contributed by atoms with E-state index in [2.05, 4.69) is 10.6 Å². The molecule has 1 heterocycles. The lowest BCUT2D eigenvalue weighted by Crippen LogP contribution is -3.00. The normalized spacial score (nSPS) is 9.65. The second-order valence-corrected chi connectivity index (χ2v) is 5.17. The van der Waals surface area contributed by atoms with Gasteiger partial charge in [-0.15, -0.1) is 0 Å². The molecular weight excluding hydrogens is 358 g/mol. The molecule has 0 aliphatic rings. The van der Waals surface area contributed by atoms with Crippen molar-refractivity contribution in [3.05, 3.63) is 54.4 Å². The fourth-order valence-electron chi connectivity index (χ4n) is 1.98. The molecule has 6 heteroatoms. The zero-order valence-corrected chi connectivity index (χ0v) is 14.8. The van der Waals surface area contributed by atoms with Gasteiger partial charge in [-0.05, 0) is 36.8 Å². The number of aryl methyl sites for hydroxylation is 2. The molecule has 122 valence electrons. The first kappa shape index (κ1) is 18.8. The Kier molecular flexibility index (Phi) is 7.41. The Morgan fingerprint density at radius 1 is 0.957 bits per heavy atom. The van der Waals surface area contributed by atoms with Gasteiger partial charge in [-0.25, -0.2) is 4.57 Å². The van der Waals surface area contributed by atoms with Gasteiger partial charge in [0, 0.05) is 30.4 Å². The molecular formula is C17H20BrN3O2. The van der Waals surface area contributed by atoms with Crippen LogP contribution in [-0.4, -0.2) is 11.8 Å². The molecule has 0 saturated heterocycles. The first-order valence-corrected chi connectivity index (χ1v) is 7.16. The predicted molar refractivity (Wildman–Crippen MR) is 85.4 cm³/mol. The third-order valence-electron chi connectivity index (χ3n) is 3.14. The summed E-state index contributed by atoms with van der Waals surface area (Å²) in [7, 11) is 0. The van der Waals surface area contributed by atoms with Crippen LogP contribution in [0.4, 0.5) is 11.4 Å². The van der Waals surface area contributed by atoms with Gasteiger partial charge in [-0.2, -0.15) is 0 Å². The molecule has 1 aromatic carbocycles. The number of anilines is 2. The predicted octanol–water partition coefficient (Wildman–Crippen LogP) is -0.726. The number of hydrogen-bond acceptors (Lipinski definition) is 2. The van der Waals surface area contributed by atoms with Gasteiger partial charge in [-0.3, -0.25) is 9.59 Å². The van der Waals surface area contributed by atoms with Crippen LogP contribution in [-0.2, 0) is 16.1 Å². The number of halogens is 1. The van der Waals surface area contributed by atoms with Crippen molar-refractivity contribution in [2.45, 2.75) is 26.8 Å². The van der Waals surface area contributed by atoms with Crippen LogP contribution in [0.1, 0.15) is 18.9 Å². The molecule has 0 atom stereocenters. The summed E-state index contributed by atoms with van der Waals surface area (Å²) in [5.41, 5.74) is 2.62. The Balaban J connectivity index is 0.00000264. The van der Waals surface area contributed by atoms with Crippen molar-refractivity contribution >= 4 is 23.2 Å². The minimum Gasteiger partial charge on any atom is -1.00 e. The molecule has 1 aromatic heterocycles. The Labute approximate surface area is 146 Å². The number of nitrogens with one attached hydrogen (secondary N) is 2. The Bertz CT molecular complexity index is 655. The average Bonchev–Trinajstić information content (AvgIpc) is 2.48. The smallest absolute Gasteiger partial charge is 0.230 e. The van der Waals surface area contributed by atoms with E-state index in [0.29, 0.717) is 24.3 Å². The fourth-order valence-corrected chi connectivity index (χ4v) is 1.98. The standard InChI is InChI=1S/C17H19N3O2.BrH/c1-13-7-10-20(11-8-13)12-9-17(22)19-16-5-3-15(4-6-16)18-14(2)21;/h3-8,10-11H,9,12H2,1-2H3,(H-,18,19,21,22);1H. The Hall–Kier alpha value is -2.21. The Morgan fingerprint density at radius 3 is 2.00 bits per heavy atom. The highest BCUT2D eigenvalue weighted by atomic mass is 79.9. The second-order valence-electron chi connectivity index (χ2n) is 5.17. The molecule has 2 N–H and O–H groups in total. The zero-order chi connectivity index (χ0) is 15.9. The number of pyridine rings is 1. The fraction of sp³-hybridized carbons (Fsp3) is 0.235. The summed E-state index contributed by atoms with van der Waals surface area (Å²) in [6.45, 7) is 4.12. The highest BCUT2D eigenvalue weighted by Gasteiger charge is 2.07. The van der Waals surface area contributed by atoms with Crippen molar-refractivity contribution in [1.82, 2.24) is 0 Å². The van der Waals surface area contributed by atoms with Gasteiger partial charge in [0.1, 0.15) is 0 Å². The molecule has 0 unspecified atom stereocenters. The minimum absolute atomic E-state index is 0. The number of aromatic nitrogens is 1. The summed E-state index contributed by atoms with van der Waals surface area (Å²) in [4.78, 5) is 22.9. The summed E-state index contributed by atoms with van der Waals surface area (Å²) in [5, 5.41) is 5.52. The maximum absolute atomic E-state index is 11.9. The maximum atomic E-state index is 11.9. The summed E-state index contributed by atoms with van der Waals surface area (Å²) >= 11 is 0. The lowest BCUT2D eigenvalue weighted by Gasteiger charge is -2.06. The van der Waals surface area contributed by atoms with E-state index in [9.17, 15) is 9.59 Å². The third-order valence-corrected chi connectivity index (χ3v) is 3.14.